The van der Waals surface area contributed by atoms with Crippen molar-refractivity contribution in [2.45, 2.75) is 186 Å². The lowest BCUT2D eigenvalue weighted by Crippen LogP contribution is -2.40. The molecule has 0 aromatic heterocycles. The first-order valence-corrected chi connectivity index (χ1v) is 18.3. The minimum Gasteiger partial charge on any atom is -0.0894 e. The molecule has 0 N–H and O–H groups in total. The molecule has 0 nitrogen and oxygen atoms in total. The summed E-state index contributed by atoms with van der Waals surface area (Å²) in [6.45, 7) is 26.0. The Hall–Kier alpha value is 0.584. The molecule has 0 rings (SSSR count). The zero-order valence-electron chi connectivity index (χ0n) is 29.8. The van der Waals surface area contributed by atoms with Crippen LogP contribution in [0.2, 0.25) is 112 Å². The van der Waals surface area contributed by atoms with Crippen LogP contribution in [-0.2, 0) is 0 Å². The maximum Gasteiger partial charge on any atom is 0.145 e. The van der Waals surface area contributed by atoms with Gasteiger partial charge < -0.3 is 0 Å². The standard InChI is InChI=1S/C30H71B9/c1-11-30(8,26-37-17-14-31)38-21-20-34-15-12-27(2,3)29(6,7)39(25-23-36-19-18-32-9)24-22-35-16-13-28(4,5)33-10/h32-38H,11-26,31H2,1-10H3. The van der Waals surface area contributed by atoms with E-state index in [-0.39, 0.29) is 0 Å². The molecule has 0 heterocycles. The molecule has 0 spiro atoms. The summed E-state index contributed by atoms with van der Waals surface area (Å²) in [6, 6.07) is 0. The topological polar surface area (TPSA) is 0 Å². The van der Waals surface area contributed by atoms with E-state index in [1.54, 1.807) is 0 Å². The van der Waals surface area contributed by atoms with Gasteiger partial charge in [-0.3, -0.25) is 0 Å². The van der Waals surface area contributed by atoms with E-state index in [9.17, 15) is 0 Å². The lowest BCUT2D eigenvalue weighted by atomic mass is 9.23. The van der Waals surface area contributed by atoms with Gasteiger partial charge in [0.2, 0.25) is 0 Å². The average molecular weight is 529 g/mol. The third kappa shape index (κ3) is 17.3. The van der Waals surface area contributed by atoms with E-state index in [1.165, 1.54) is 152 Å². The van der Waals surface area contributed by atoms with Crippen LogP contribution in [-0.4, -0.2) is 65.5 Å². The van der Waals surface area contributed by atoms with Crippen LogP contribution in [0.3, 0.4) is 0 Å². The highest BCUT2D eigenvalue weighted by Crippen LogP contribution is 2.52. The van der Waals surface area contributed by atoms with E-state index < -0.39 is 0 Å². The van der Waals surface area contributed by atoms with Gasteiger partial charge in [0.1, 0.15) is 57.7 Å². The highest BCUT2D eigenvalue weighted by Gasteiger charge is 2.43. The Kier molecular flexibility index (Phi) is 21.6. The average Bonchev–Trinajstić information content (AvgIpc) is 2.89. The molecule has 0 aromatic carbocycles. The molecule has 1 unspecified atom stereocenters. The minimum absolute atomic E-state index is 0.417. The van der Waals surface area contributed by atoms with Gasteiger partial charge in [-0.2, -0.15) is 0 Å². The zero-order valence-corrected chi connectivity index (χ0v) is 29.8. The van der Waals surface area contributed by atoms with Crippen molar-refractivity contribution in [1.29, 1.82) is 0 Å². The first-order chi connectivity index (χ1) is 18.3. The van der Waals surface area contributed by atoms with E-state index in [1.807, 2.05) is 0 Å². The van der Waals surface area contributed by atoms with Crippen LogP contribution in [0.1, 0.15) is 74.7 Å². The fourth-order valence-corrected chi connectivity index (χ4v) is 6.84. The van der Waals surface area contributed by atoms with Crippen molar-refractivity contribution in [3.05, 3.63) is 0 Å². The van der Waals surface area contributed by atoms with E-state index >= 15 is 0 Å². The summed E-state index contributed by atoms with van der Waals surface area (Å²) < 4.78 is 0. The molecule has 0 saturated heterocycles. The maximum absolute atomic E-state index is 2.65. The Morgan fingerprint density at radius 3 is 1.77 bits per heavy atom. The lowest BCUT2D eigenvalue weighted by Gasteiger charge is -2.47. The van der Waals surface area contributed by atoms with Gasteiger partial charge in [0.05, 0.1) is 7.85 Å². The van der Waals surface area contributed by atoms with Crippen LogP contribution < -0.4 is 0 Å². The van der Waals surface area contributed by atoms with Gasteiger partial charge in [0.15, 0.2) is 0 Å². The van der Waals surface area contributed by atoms with Crippen LogP contribution >= 0.6 is 0 Å². The lowest BCUT2D eigenvalue weighted by molar-refractivity contribution is 0.248. The van der Waals surface area contributed by atoms with Crippen molar-refractivity contribution in [3.63, 3.8) is 0 Å². The first-order valence-electron chi connectivity index (χ1n) is 18.3. The molecule has 1 atom stereocenters. The highest BCUT2D eigenvalue weighted by molar-refractivity contribution is 6.64. The Balaban J connectivity index is 4.81. The van der Waals surface area contributed by atoms with Crippen LogP contribution in [0.4, 0.5) is 0 Å². The maximum atomic E-state index is 2.65. The van der Waals surface area contributed by atoms with Crippen LogP contribution in [0.15, 0.2) is 0 Å². The SMILES string of the molecule is BCCBCC(C)(BCCBCCC(C)(C)C(C)(C)B(CCBCCBC)CCBCCC(C)(C)BC)CC. The minimum atomic E-state index is 0.417. The summed E-state index contributed by atoms with van der Waals surface area (Å²) >= 11 is 0. The molecule has 0 aromatic rings. The normalized spacial score (nSPS) is 13.8. The molecule has 0 saturated carbocycles. The van der Waals surface area contributed by atoms with Gasteiger partial charge >= 0.3 is 0 Å². The molecular weight excluding hydrogens is 458 g/mol. The van der Waals surface area contributed by atoms with E-state index in [2.05, 4.69) is 76.9 Å². The predicted molar refractivity (Wildman–Crippen MR) is 208 cm³/mol. The monoisotopic (exact) mass is 531 g/mol. The summed E-state index contributed by atoms with van der Waals surface area (Å²) in [5.41, 5.74) is 0.420. The van der Waals surface area contributed by atoms with Crippen LogP contribution in [0.25, 0.3) is 0 Å². The molecule has 0 fully saturated rings. The van der Waals surface area contributed by atoms with Crippen LogP contribution in [0.5, 0.6) is 0 Å². The van der Waals surface area contributed by atoms with Gasteiger partial charge in [-0.1, -0.05) is 186 Å². The van der Waals surface area contributed by atoms with Gasteiger partial charge in [0, 0.05) is 0 Å². The van der Waals surface area contributed by atoms with Crippen molar-refractivity contribution in [3.8, 4) is 0 Å². The fraction of sp³-hybridized carbons (Fsp3) is 1.00. The molecule has 0 amide bonds. The Morgan fingerprint density at radius 1 is 0.641 bits per heavy atom. The summed E-state index contributed by atoms with van der Waals surface area (Å²) in [6.07, 6.45) is 22.7. The Labute approximate surface area is 256 Å². The van der Waals surface area contributed by atoms with Gasteiger partial charge in [-0.05, 0) is 5.41 Å². The van der Waals surface area contributed by atoms with E-state index in [4.69, 9.17) is 0 Å². The number of hydrogen-bond acceptors (Lipinski definition) is 0. The summed E-state index contributed by atoms with van der Waals surface area (Å²) in [5.74, 6) is 0. The summed E-state index contributed by atoms with van der Waals surface area (Å²) in [5, 5.41) is 1.54. The summed E-state index contributed by atoms with van der Waals surface area (Å²) in [4.78, 5) is 0. The largest absolute Gasteiger partial charge is 0.145 e. The molecule has 0 aliphatic heterocycles. The second-order valence-corrected chi connectivity index (χ2v) is 16.2. The predicted octanol–water partition coefficient (Wildman–Crippen LogP) is 7.24. The van der Waals surface area contributed by atoms with Crippen molar-refractivity contribution in [1.82, 2.24) is 0 Å². The van der Waals surface area contributed by atoms with Crippen molar-refractivity contribution in [2.75, 3.05) is 0 Å². The fourth-order valence-electron chi connectivity index (χ4n) is 6.84. The second-order valence-electron chi connectivity index (χ2n) is 16.2. The van der Waals surface area contributed by atoms with Gasteiger partial charge in [-0.25, -0.2) is 0 Å². The first kappa shape index (κ1) is 39.6. The van der Waals surface area contributed by atoms with Gasteiger partial charge in [-0.15, -0.1) is 0 Å². The molecule has 0 radical (unpaired) electrons. The van der Waals surface area contributed by atoms with Crippen LogP contribution in [0, 0.1) is 5.41 Å². The molecule has 0 aliphatic carbocycles. The zero-order chi connectivity index (χ0) is 29.8. The van der Waals surface area contributed by atoms with Gasteiger partial charge in [0.25, 0.3) is 0 Å². The van der Waals surface area contributed by atoms with Crippen molar-refractivity contribution >= 4 is 65.5 Å². The number of rotatable bonds is 27. The van der Waals surface area contributed by atoms with E-state index in [0.29, 0.717) is 21.4 Å². The highest BCUT2D eigenvalue weighted by atomic mass is 14.4. The van der Waals surface area contributed by atoms with E-state index in [0.717, 1.165) is 6.71 Å². The quantitative estimate of drug-likeness (QED) is 0.0778. The van der Waals surface area contributed by atoms with Crippen molar-refractivity contribution in [2.24, 2.45) is 5.41 Å². The third-order valence-corrected chi connectivity index (χ3v) is 11.9. The number of hydrogen-bond donors (Lipinski definition) is 0. The second kappa shape index (κ2) is 21.3. The molecule has 0 bridgehead atoms. The molecule has 9 heteroatoms. The Bertz CT molecular complexity index is 583. The van der Waals surface area contributed by atoms with Crippen molar-refractivity contribution < 1.29 is 0 Å². The molecular formula is C30H71B9. The summed E-state index contributed by atoms with van der Waals surface area (Å²) in [7, 11) is 12.2. The molecule has 218 valence electrons. The third-order valence-electron chi connectivity index (χ3n) is 11.9. The smallest absolute Gasteiger partial charge is 0.0894 e. The molecule has 0 aliphatic rings. The Morgan fingerprint density at radius 2 is 1.21 bits per heavy atom. The molecule has 39 heavy (non-hydrogen) atoms.